The topological polar surface area (TPSA) is 59.8 Å². The largest absolute Gasteiger partial charge is 0.380 e. The standard InChI is InChI=1S/C22H22N4O/c1-14(13-26-22(27)18-9-5-4-8-17(18)12-23-26)24-21-15(2)16(3)25-20-11-7-6-10-19(20)21/h4-12,14H,13H2,1-3H3,(H,24,25). The highest BCUT2D eigenvalue weighted by molar-refractivity contribution is 5.93. The van der Waals surface area contributed by atoms with Crippen molar-refractivity contribution in [1.29, 1.82) is 0 Å². The van der Waals surface area contributed by atoms with Gasteiger partial charge in [-0.3, -0.25) is 9.78 Å². The number of fused-ring (bicyclic) bond motifs is 2. The number of hydrogen-bond donors (Lipinski definition) is 1. The molecule has 5 heteroatoms. The first-order chi connectivity index (χ1) is 13.0. The summed E-state index contributed by atoms with van der Waals surface area (Å²) in [6.07, 6.45) is 1.75. The van der Waals surface area contributed by atoms with Crippen LogP contribution in [0.4, 0.5) is 5.69 Å². The molecule has 0 spiro atoms. The van der Waals surface area contributed by atoms with E-state index in [0.29, 0.717) is 11.9 Å². The molecule has 0 saturated heterocycles. The summed E-state index contributed by atoms with van der Waals surface area (Å²) < 4.78 is 1.53. The van der Waals surface area contributed by atoms with Gasteiger partial charge in [0, 0.05) is 28.2 Å². The number of benzene rings is 2. The molecule has 2 aromatic heterocycles. The molecule has 136 valence electrons. The Morgan fingerprint density at radius 1 is 1.04 bits per heavy atom. The third-order valence-electron chi connectivity index (χ3n) is 4.98. The Morgan fingerprint density at radius 2 is 1.74 bits per heavy atom. The van der Waals surface area contributed by atoms with Gasteiger partial charge in [0.1, 0.15) is 0 Å². The van der Waals surface area contributed by atoms with Crippen molar-refractivity contribution in [1.82, 2.24) is 14.8 Å². The highest BCUT2D eigenvalue weighted by Gasteiger charge is 2.13. The zero-order chi connectivity index (χ0) is 19.0. The van der Waals surface area contributed by atoms with Gasteiger partial charge in [-0.05, 0) is 38.5 Å². The zero-order valence-corrected chi connectivity index (χ0v) is 15.7. The van der Waals surface area contributed by atoms with Gasteiger partial charge in [0.25, 0.3) is 5.56 Å². The Morgan fingerprint density at radius 3 is 2.56 bits per heavy atom. The number of aryl methyl sites for hydroxylation is 1. The van der Waals surface area contributed by atoms with Crippen molar-refractivity contribution in [2.24, 2.45) is 0 Å². The third-order valence-corrected chi connectivity index (χ3v) is 4.98. The molecule has 27 heavy (non-hydrogen) atoms. The van der Waals surface area contributed by atoms with Crippen LogP contribution < -0.4 is 10.9 Å². The molecule has 1 atom stereocenters. The summed E-state index contributed by atoms with van der Waals surface area (Å²) in [6.45, 7) is 6.64. The molecular formula is C22H22N4O. The fourth-order valence-electron chi connectivity index (χ4n) is 3.43. The molecule has 0 bridgehead atoms. The molecule has 4 rings (SSSR count). The van der Waals surface area contributed by atoms with Crippen molar-refractivity contribution in [3.8, 4) is 0 Å². The molecule has 0 aliphatic heterocycles. The van der Waals surface area contributed by atoms with Gasteiger partial charge >= 0.3 is 0 Å². The Labute approximate surface area is 157 Å². The fraction of sp³-hybridized carbons (Fsp3) is 0.227. The highest BCUT2D eigenvalue weighted by Crippen LogP contribution is 2.28. The molecule has 0 amide bonds. The normalized spacial score (nSPS) is 12.4. The van der Waals surface area contributed by atoms with Crippen LogP contribution in [0.2, 0.25) is 0 Å². The monoisotopic (exact) mass is 358 g/mol. The quantitative estimate of drug-likeness (QED) is 0.598. The number of hydrogen-bond acceptors (Lipinski definition) is 4. The molecule has 0 radical (unpaired) electrons. The van der Waals surface area contributed by atoms with E-state index in [-0.39, 0.29) is 11.6 Å². The van der Waals surface area contributed by atoms with Crippen molar-refractivity contribution in [3.05, 3.63) is 76.3 Å². The van der Waals surface area contributed by atoms with Crippen LogP contribution >= 0.6 is 0 Å². The Bertz CT molecular complexity index is 1200. The van der Waals surface area contributed by atoms with Gasteiger partial charge in [0.05, 0.1) is 23.6 Å². The first-order valence-electron chi connectivity index (χ1n) is 9.12. The van der Waals surface area contributed by atoms with Crippen molar-refractivity contribution in [2.75, 3.05) is 5.32 Å². The van der Waals surface area contributed by atoms with Gasteiger partial charge in [-0.2, -0.15) is 5.10 Å². The number of aromatic nitrogens is 3. The number of pyridine rings is 1. The molecule has 5 nitrogen and oxygen atoms in total. The van der Waals surface area contributed by atoms with E-state index in [4.69, 9.17) is 0 Å². The second kappa shape index (κ2) is 6.83. The highest BCUT2D eigenvalue weighted by atomic mass is 16.1. The van der Waals surface area contributed by atoms with Crippen molar-refractivity contribution in [3.63, 3.8) is 0 Å². The smallest absolute Gasteiger partial charge is 0.274 e. The molecule has 4 aromatic rings. The molecular weight excluding hydrogens is 336 g/mol. The molecule has 1 N–H and O–H groups in total. The molecule has 2 heterocycles. The lowest BCUT2D eigenvalue weighted by atomic mass is 10.1. The molecule has 1 unspecified atom stereocenters. The van der Waals surface area contributed by atoms with Gasteiger partial charge in [-0.15, -0.1) is 0 Å². The summed E-state index contributed by atoms with van der Waals surface area (Å²) in [7, 11) is 0. The maximum atomic E-state index is 12.7. The summed E-state index contributed by atoms with van der Waals surface area (Å²) in [5.41, 5.74) is 4.11. The lowest BCUT2D eigenvalue weighted by molar-refractivity contribution is 0.537. The maximum absolute atomic E-state index is 12.7. The lowest BCUT2D eigenvalue weighted by Crippen LogP contribution is -2.31. The summed E-state index contributed by atoms with van der Waals surface area (Å²) in [4.78, 5) is 17.4. The van der Waals surface area contributed by atoms with Crippen LogP contribution in [-0.4, -0.2) is 20.8 Å². The number of nitrogens with one attached hydrogen (secondary N) is 1. The van der Waals surface area contributed by atoms with Gasteiger partial charge in [-0.25, -0.2) is 4.68 Å². The summed E-state index contributed by atoms with van der Waals surface area (Å²) >= 11 is 0. The Kier molecular flexibility index (Phi) is 4.36. The molecule has 0 fully saturated rings. The van der Waals surface area contributed by atoms with Gasteiger partial charge in [0.2, 0.25) is 0 Å². The first-order valence-corrected chi connectivity index (χ1v) is 9.12. The van der Waals surface area contributed by atoms with Crippen LogP contribution in [0.5, 0.6) is 0 Å². The van der Waals surface area contributed by atoms with E-state index in [1.807, 2.05) is 49.4 Å². The number of rotatable bonds is 4. The second-order valence-electron chi connectivity index (χ2n) is 6.98. The minimum atomic E-state index is -0.0609. The van der Waals surface area contributed by atoms with Crippen LogP contribution in [0.1, 0.15) is 18.2 Å². The van der Waals surface area contributed by atoms with Crippen LogP contribution in [0.3, 0.4) is 0 Å². The van der Waals surface area contributed by atoms with E-state index in [1.165, 1.54) is 4.68 Å². The fourth-order valence-corrected chi connectivity index (χ4v) is 3.43. The van der Waals surface area contributed by atoms with Crippen molar-refractivity contribution < 1.29 is 0 Å². The number of anilines is 1. The van der Waals surface area contributed by atoms with E-state index >= 15 is 0 Å². The van der Waals surface area contributed by atoms with Gasteiger partial charge in [-0.1, -0.05) is 36.4 Å². The number of para-hydroxylation sites is 1. The summed E-state index contributed by atoms with van der Waals surface area (Å²) in [6, 6.07) is 15.7. The Hall–Kier alpha value is -3.21. The zero-order valence-electron chi connectivity index (χ0n) is 15.7. The van der Waals surface area contributed by atoms with E-state index < -0.39 is 0 Å². The van der Waals surface area contributed by atoms with Gasteiger partial charge < -0.3 is 5.32 Å². The minimum absolute atomic E-state index is 0.0280. The van der Waals surface area contributed by atoms with Crippen LogP contribution in [0, 0.1) is 13.8 Å². The minimum Gasteiger partial charge on any atom is -0.380 e. The predicted octanol–water partition coefficient (Wildman–Crippen LogP) is 4.06. The van der Waals surface area contributed by atoms with Crippen LogP contribution in [0.25, 0.3) is 21.7 Å². The third kappa shape index (κ3) is 3.16. The summed E-state index contributed by atoms with van der Waals surface area (Å²) in [5, 5.41) is 10.6. The van der Waals surface area contributed by atoms with Crippen molar-refractivity contribution >= 4 is 27.4 Å². The number of nitrogens with zero attached hydrogens (tertiary/aromatic N) is 3. The molecule has 0 aliphatic carbocycles. The maximum Gasteiger partial charge on any atom is 0.274 e. The van der Waals surface area contributed by atoms with E-state index in [9.17, 15) is 4.79 Å². The van der Waals surface area contributed by atoms with E-state index in [0.717, 1.165) is 33.2 Å². The average molecular weight is 358 g/mol. The van der Waals surface area contributed by atoms with Crippen LogP contribution in [-0.2, 0) is 6.54 Å². The summed E-state index contributed by atoms with van der Waals surface area (Å²) in [5.74, 6) is 0. The molecule has 0 aliphatic rings. The van der Waals surface area contributed by atoms with E-state index in [2.05, 4.69) is 35.3 Å². The van der Waals surface area contributed by atoms with Gasteiger partial charge in [0.15, 0.2) is 0 Å². The Balaban J connectivity index is 1.67. The predicted molar refractivity (Wildman–Crippen MR) is 110 cm³/mol. The first kappa shape index (κ1) is 17.2. The lowest BCUT2D eigenvalue weighted by Gasteiger charge is -2.20. The second-order valence-corrected chi connectivity index (χ2v) is 6.98. The SMILES string of the molecule is Cc1nc2ccccc2c(NC(C)Cn2ncc3ccccc3c2=O)c1C. The van der Waals surface area contributed by atoms with Crippen LogP contribution in [0.15, 0.2) is 59.5 Å². The molecule has 2 aromatic carbocycles. The molecule has 0 saturated carbocycles. The average Bonchev–Trinajstić information content (AvgIpc) is 2.68. The van der Waals surface area contributed by atoms with Crippen molar-refractivity contribution in [2.45, 2.75) is 33.4 Å². The van der Waals surface area contributed by atoms with E-state index in [1.54, 1.807) is 6.20 Å².